The zero-order valence-electron chi connectivity index (χ0n) is 10.4. The molecule has 1 aromatic rings. The second kappa shape index (κ2) is 5.46. The van der Waals surface area contributed by atoms with Gasteiger partial charge in [-0.25, -0.2) is 10.4 Å². The Bertz CT molecular complexity index is 329. The first-order chi connectivity index (χ1) is 7.75. The maximum absolute atomic E-state index is 3.60. The molecule has 1 aliphatic heterocycles. The molecule has 0 saturated carbocycles. The Balaban J connectivity index is 1.94. The van der Waals surface area contributed by atoms with Crippen LogP contribution in [0.15, 0.2) is 24.3 Å². The van der Waals surface area contributed by atoms with Crippen LogP contribution in [0.2, 0.25) is 0 Å². The Kier molecular flexibility index (Phi) is 3.97. The fraction of sp³-hybridized carbons (Fsp3) is 0.571. The van der Waals surface area contributed by atoms with Crippen molar-refractivity contribution in [2.75, 3.05) is 13.1 Å². The predicted molar refractivity (Wildman–Crippen MR) is 68.2 cm³/mol. The highest BCUT2D eigenvalue weighted by atomic mass is 15.5. The van der Waals surface area contributed by atoms with Crippen molar-refractivity contribution in [3.63, 3.8) is 0 Å². The average molecular weight is 218 g/mol. The van der Waals surface area contributed by atoms with E-state index in [1.54, 1.807) is 0 Å². The molecule has 0 amide bonds. The largest absolute Gasteiger partial charge is 0.248 e. The Morgan fingerprint density at radius 2 is 1.94 bits per heavy atom. The van der Waals surface area contributed by atoms with Crippen LogP contribution < -0.4 is 5.43 Å². The van der Waals surface area contributed by atoms with E-state index in [0.29, 0.717) is 6.04 Å². The van der Waals surface area contributed by atoms with Crippen LogP contribution >= 0.6 is 0 Å². The molecule has 0 aromatic heterocycles. The van der Waals surface area contributed by atoms with E-state index in [4.69, 9.17) is 0 Å². The molecule has 1 fully saturated rings. The van der Waals surface area contributed by atoms with Crippen molar-refractivity contribution in [3.05, 3.63) is 35.4 Å². The van der Waals surface area contributed by atoms with Gasteiger partial charge in [-0.05, 0) is 32.3 Å². The highest BCUT2D eigenvalue weighted by Crippen LogP contribution is 2.16. The van der Waals surface area contributed by atoms with Gasteiger partial charge >= 0.3 is 0 Å². The Morgan fingerprint density at radius 3 is 2.62 bits per heavy atom. The van der Waals surface area contributed by atoms with Crippen molar-refractivity contribution in [2.24, 2.45) is 0 Å². The van der Waals surface area contributed by atoms with Gasteiger partial charge in [0.15, 0.2) is 0 Å². The van der Waals surface area contributed by atoms with E-state index in [0.717, 1.165) is 0 Å². The molecule has 0 radical (unpaired) electrons. The highest BCUT2D eigenvalue weighted by molar-refractivity contribution is 5.24. The number of rotatable bonds is 3. The highest BCUT2D eigenvalue weighted by Gasteiger charge is 2.13. The van der Waals surface area contributed by atoms with Gasteiger partial charge in [-0.3, -0.25) is 0 Å². The lowest BCUT2D eigenvalue weighted by molar-refractivity contribution is 0.133. The molecule has 1 unspecified atom stereocenters. The van der Waals surface area contributed by atoms with Crippen molar-refractivity contribution >= 4 is 0 Å². The Labute approximate surface area is 98.6 Å². The van der Waals surface area contributed by atoms with Gasteiger partial charge in [0.1, 0.15) is 0 Å². The molecule has 1 heterocycles. The van der Waals surface area contributed by atoms with E-state index in [1.165, 1.54) is 43.5 Å². The standard InChI is InChI=1S/C14H22N2/c1-12-7-6-8-14(11-12)13(2)15-16-9-4-3-5-10-16/h6-8,11,13,15H,3-5,9-10H2,1-2H3. The van der Waals surface area contributed by atoms with Gasteiger partial charge in [0.05, 0.1) is 0 Å². The van der Waals surface area contributed by atoms with Crippen molar-refractivity contribution in [1.82, 2.24) is 10.4 Å². The average Bonchev–Trinajstić information content (AvgIpc) is 2.30. The van der Waals surface area contributed by atoms with Crippen LogP contribution in [0, 0.1) is 6.92 Å². The maximum Gasteiger partial charge on any atom is 0.0436 e. The molecule has 0 spiro atoms. The first kappa shape index (κ1) is 11.6. The molecule has 2 heteroatoms. The van der Waals surface area contributed by atoms with Gasteiger partial charge in [0.2, 0.25) is 0 Å². The van der Waals surface area contributed by atoms with Crippen LogP contribution in [0.4, 0.5) is 0 Å². The van der Waals surface area contributed by atoms with E-state index in [9.17, 15) is 0 Å². The summed E-state index contributed by atoms with van der Waals surface area (Å²) in [4.78, 5) is 0. The molecular weight excluding hydrogens is 196 g/mol. The van der Waals surface area contributed by atoms with Gasteiger partial charge in [-0.2, -0.15) is 0 Å². The van der Waals surface area contributed by atoms with Gasteiger partial charge < -0.3 is 0 Å². The molecule has 0 bridgehead atoms. The summed E-state index contributed by atoms with van der Waals surface area (Å²) in [7, 11) is 0. The smallest absolute Gasteiger partial charge is 0.0436 e. The van der Waals surface area contributed by atoms with Crippen molar-refractivity contribution in [1.29, 1.82) is 0 Å². The Morgan fingerprint density at radius 1 is 1.19 bits per heavy atom. The lowest BCUT2D eigenvalue weighted by atomic mass is 10.1. The van der Waals surface area contributed by atoms with Crippen molar-refractivity contribution in [2.45, 2.75) is 39.2 Å². The minimum atomic E-state index is 0.415. The molecule has 88 valence electrons. The SMILES string of the molecule is Cc1cccc(C(C)NN2CCCCC2)c1. The van der Waals surface area contributed by atoms with E-state index in [1.807, 2.05) is 0 Å². The van der Waals surface area contributed by atoms with Crippen LogP contribution in [0.1, 0.15) is 43.4 Å². The van der Waals surface area contributed by atoms with E-state index in [2.05, 4.69) is 48.5 Å². The third kappa shape index (κ3) is 3.06. The summed E-state index contributed by atoms with van der Waals surface area (Å²) < 4.78 is 0. The van der Waals surface area contributed by atoms with Gasteiger partial charge in [-0.1, -0.05) is 36.2 Å². The van der Waals surface area contributed by atoms with Gasteiger partial charge in [0, 0.05) is 19.1 Å². The molecular formula is C14H22N2. The lowest BCUT2D eigenvalue weighted by Crippen LogP contribution is -2.42. The zero-order valence-corrected chi connectivity index (χ0v) is 10.4. The number of nitrogens with zero attached hydrogens (tertiary/aromatic N) is 1. The summed E-state index contributed by atoms with van der Waals surface area (Å²) in [5.74, 6) is 0. The molecule has 16 heavy (non-hydrogen) atoms. The topological polar surface area (TPSA) is 15.3 Å². The normalized spacial score (nSPS) is 19.6. The van der Waals surface area contributed by atoms with E-state index < -0.39 is 0 Å². The van der Waals surface area contributed by atoms with Gasteiger partial charge in [-0.15, -0.1) is 0 Å². The van der Waals surface area contributed by atoms with Crippen LogP contribution in [-0.4, -0.2) is 18.1 Å². The van der Waals surface area contributed by atoms with Crippen LogP contribution in [-0.2, 0) is 0 Å². The van der Waals surface area contributed by atoms with E-state index in [-0.39, 0.29) is 0 Å². The van der Waals surface area contributed by atoms with Crippen LogP contribution in [0.25, 0.3) is 0 Å². The minimum absolute atomic E-state index is 0.415. The second-order valence-electron chi connectivity index (χ2n) is 4.81. The van der Waals surface area contributed by atoms with Crippen molar-refractivity contribution < 1.29 is 0 Å². The van der Waals surface area contributed by atoms with Crippen LogP contribution in [0.3, 0.4) is 0 Å². The number of aryl methyl sites for hydroxylation is 1. The molecule has 1 aromatic carbocycles. The number of benzene rings is 1. The summed E-state index contributed by atoms with van der Waals surface area (Å²) in [5.41, 5.74) is 6.31. The number of hydrogen-bond donors (Lipinski definition) is 1. The fourth-order valence-corrected chi connectivity index (χ4v) is 2.31. The van der Waals surface area contributed by atoms with Crippen LogP contribution in [0.5, 0.6) is 0 Å². The zero-order chi connectivity index (χ0) is 11.4. The number of hydrogen-bond acceptors (Lipinski definition) is 2. The monoisotopic (exact) mass is 218 g/mol. The van der Waals surface area contributed by atoms with Gasteiger partial charge in [0.25, 0.3) is 0 Å². The first-order valence-electron chi connectivity index (χ1n) is 6.33. The molecule has 1 atom stereocenters. The first-order valence-corrected chi connectivity index (χ1v) is 6.33. The summed E-state index contributed by atoms with van der Waals surface area (Å²) in [6.07, 6.45) is 4.04. The second-order valence-corrected chi connectivity index (χ2v) is 4.81. The molecule has 1 aliphatic rings. The summed E-state index contributed by atoms with van der Waals surface area (Å²) in [5, 5.41) is 2.37. The minimum Gasteiger partial charge on any atom is -0.248 e. The molecule has 1 saturated heterocycles. The fourth-order valence-electron chi connectivity index (χ4n) is 2.31. The molecule has 1 N–H and O–H groups in total. The molecule has 2 nitrogen and oxygen atoms in total. The summed E-state index contributed by atoms with van der Waals surface area (Å²) in [6, 6.07) is 9.17. The third-order valence-electron chi connectivity index (χ3n) is 3.27. The number of hydrazine groups is 1. The number of nitrogens with one attached hydrogen (secondary N) is 1. The maximum atomic E-state index is 3.60. The third-order valence-corrected chi connectivity index (χ3v) is 3.27. The van der Waals surface area contributed by atoms with Crippen molar-refractivity contribution in [3.8, 4) is 0 Å². The molecule has 2 rings (SSSR count). The summed E-state index contributed by atoms with van der Waals surface area (Å²) in [6.45, 7) is 6.77. The number of piperidine rings is 1. The summed E-state index contributed by atoms with van der Waals surface area (Å²) >= 11 is 0. The molecule has 0 aliphatic carbocycles. The predicted octanol–water partition coefficient (Wildman–Crippen LogP) is 3.05. The lowest BCUT2D eigenvalue weighted by Gasteiger charge is -2.30. The quantitative estimate of drug-likeness (QED) is 0.839. The van der Waals surface area contributed by atoms with E-state index >= 15 is 0 Å². The Hall–Kier alpha value is -0.860.